The average molecular weight is 546 g/mol. The van der Waals surface area contributed by atoms with E-state index in [0.29, 0.717) is 17.1 Å². The van der Waals surface area contributed by atoms with Crippen LogP contribution in [0.3, 0.4) is 0 Å². The second-order valence-electron chi connectivity index (χ2n) is 8.62. The number of aromatic amines is 1. The van der Waals surface area contributed by atoms with Gasteiger partial charge in [-0.15, -0.1) is 0 Å². The van der Waals surface area contributed by atoms with E-state index in [9.17, 15) is 26.3 Å². The summed E-state index contributed by atoms with van der Waals surface area (Å²) in [6, 6.07) is 10.2. The van der Waals surface area contributed by atoms with Gasteiger partial charge in [0.15, 0.2) is 11.6 Å². The summed E-state index contributed by atoms with van der Waals surface area (Å²) in [5.74, 6) is -1.86. The second-order valence-corrected chi connectivity index (χ2v) is 8.62. The highest BCUT2D eigenvalue weighted by atomic mass is 19.4. The number of nitrogens with one attached hydrogen (secondary N) is 1. The largest absolute Gasteiger partial charge is 0.493 e. The Labute approximate surface area is 218 Å². The zero-order chi connectivity index (χ0) is 27.6. The molecule has 0 atom stereocenters. The van der Waals surface area contributed by atoms with E-state index >= 15 is 0 Å². The van der Waals surface area contributed by atoms with Crippen molar-refractivity contribution in [3.63, 3.8) is 0 Å². The summed E-state index contributed by atoms with van der Waals surface area (Å²) < 4.78 is 86.4. The van der Waals surface area contributed by atoms with E-state index in [2.05, 4.69) is 25.3 Å². The number of hydrazone groups is 1. The quantitative estimate of drug-likeness (QED) is 0.219. The molecule has 13 heteroatoms. The van der Waals surface area contributed by atoms with Crippen molar-refractivity contribution >= 4 is 6.21 Å². The van der Waals surface area contributed by atoms with Crippen LogP contribution in [0.15, 0.2) is 53.6 Å². The van der Waals surface area contributed by atoms with Gasteiger partial charge in [-0.2, -0.15) is 28.5 Å². The number of aromatic nitrogens is 4. The molecule has 0 saturated heterocycles. The number of ether oxygens (including phenoxy) is 1. The molecule has 4 aromatic rings. The number of imidazole rings is 1. The highest BCUT2D eigenvalue weighted by molar-refractivity contribution is 5.80. The summed E-state index contributed by atoms with van der Waals surface area (Å²) >= 11 is 0. The number of fused-ring (bicyclic) bond motifs is 1. The van der Waals surface area contributed by atoms with E-state index < -0.39 is 30.0 Å². The molecule has 7 nitrogen and oxygen atoms in total. The number of hydrogen-bond donors (Lipinski definition) is 1. The SMILES string of the molecule is FCCCOc1ccc(-c2ccc(CN3Cc4nc(-c5cccc(F)c5F)[nH]c4C=N3)nn2)c(C(F)(F)F)c1. The van der Waals surface area contributed by atoms with Crippen LogP contribution in [0.1, 0.15) is 29.1 Å². The van der Waals surface area contributed by atoms with E-state index in [1.165, 1.54) is 42.6 Å². The molecule has 0 radical (unpaired) electrons. The molecule has 0 unspecified atom stereocenters. The Balaban J connectivity index is 1.30. The molecule has 0 fully saturated rings. The van der Waals surface area contributed by atoms with Crippen molar-refractivity contribution in [3.05, 3.63) is 82.8 Å². The molecule has 1 aliphatic heterocycles. The smallest absolute Gasteiger partial charge is 0.417 e. The normalized spacial score (nSPS) is 13.0. The van der Waals surface area contributed by atoms with E-state index in [0.717, 1.165) is 12.1 Å². The Morgan fingerprint density at radius 2 is 1.85 bits per heavy atom. The zero-order valence-corrected chi connectivity index (χ0v) is 20.1. The number of rotatable bonds is 8. The first kappa shape index (κ1) is 26.2. The average Bonchev–Trinajstić information content (AvgIpc) is 3.33. The van der Waals surface area contributed by atoms with Crippen LogP contribution in [-0.2, 0) is 19.3 Å². The maximum absolute atomic E-state index is 14.2. The van der Waals surface area contributed by atoms with Crippen LogP contribution in [0, 0.1) is 11.6 Å². The molecule has 2 aromatic heterocycles. The van der Waals surface area contributed by atoms with E-state index in [4.69, 9.17) is 4.74 Å². The summed E-state index contributed by atoms with van der Waals surface area (Å²) in [4.78, 5) is 7.29. The summed E-state index contributed by atoms with van der Waals surface area (Å²) in [6.07, 6.45) is -3.11. The van der Waals surface area contributed by atoms with E-state index in [-0.39, 0.29) is 54.5 Å². The highest BCUT2D eigenvalue weighted by Crippen LogP contribution is 2.38. The van der Waals surface area contributed by atoms with Crippen molar-refractivity contribution in [1.29, 1.82) is 0 Å². The van der Waals surface area contributed by atoms with Gasteiger partial charge in [0.2, 0.25) is 0 Å². The van der Waals surface area contributed by atoms with Gasteiger partial charge in [-0.3, -0.25) is 9.40 Å². The van der Waals surface area contributed by atoms with Gasteiger partial charge in [0, 0.05) is 12.0 Å². The third kappa shape index (κ3) is 5.71. The van der Waals surface area contributed by atoms with Gasteiger partial charge in [0.25, 0.3) is 0 Å². The molecule has 39 heavy (non-hydrogen) atoms. The topological polar surface area (TPSA) is 79.3 Å². The fraction of sp³-hybridized carbons (Fsp3) is 0.231. The number of H-pyrrole nitrogens is 1. The van der Waals surface area contributed by atoms with E-state index in [1.54, 1.807) is 5.01 Å². The van der Waals surface area contributed by atoms with Crippen molar-refractivity contribution in [3.8, 4) is 28.4 Å². The lowest BCUT2D eigenvalue weighted by atomic mass is 10.0. The number of benzene rings is 2. The second kappa shape index (κ2) is 10.8. The minimum atomic E-state index is -4.67. The van der Waals surface area contributed by atoms with Crippen LogP contribution in [0.4, 0.5) is 26.3 Å². The van der Waals surface area contributed by atoms with E-state index in [1.807, 2.05) is 0 Å². The predicted molar refractivity (Wildman–Crippen MR) is 129 cm³/mol. The fourth-order valence-electron chi connectivity index (χ4n) is 4.00. The molecule has 0 saturated carbocycles. The Hall–Kier alpha value is -4.42. The lowest BCUT2D eigenvalue weighted by Crippen LogP contribution is -2.22. The van der Waals surface area contributed by atoms with Crippen LogP contribution in [0.5, 0.6) is 5.75 Å². The van der Waals surface area contributed by atoms with Crippen molar-refractivity contribution in [1.82, 2.24) is 25.2 Å². The molecule has 5 rings (SSSR count). The lowest BCUT2D eigenvalue weighted by Gasteiger charge is -2.20. The Morgan fingerprint density at radius 3 is 2.59 bits per heavy atom. The van der Waals surface area contributed by atoms with Gasteiger partial charge in [-0.1, -0.05) is 6.07 Å². The molecule has 0 bridgehead atoms. The molecule has 0 spiro atoms. The minimum Gasteiger partial charge on any atom is -0.493 e. The van der Waals surface area contributed by atoms with Crippen LogP contribution in [0.25, 0.3) is 22.6 Å². The molecular formula is C26H20F6N6O. The fourth-order valence-corrected chi connectivity index (χ4v) is 4.00. The van der Waals surface area contributed by atoms with Gasteiger partial charge in [0.05, 0.1) is 66.5 Å². The minimum absolute atomic E-state index is 0.0108. The summed E-state index contributed by atoms with van der Waals surface area (Å²) in [6.45, 7) is -0.269. The van der Waals surface area contributed by atoms with Gasteiger partial charge in [0.1, 0.15) is 11.6 Å². The van der Waals surface area contributed by atoms with Crippen molar-refractivity contribution < 1.29 is 31.1 Å². The van der Waals surface area contributed by atoms with Crippen LogP contribution in [-0.4, -0.2) is 44.7 Å². The van der Waals surface area contributed by atoms with Crippen LogP contribution < -0.4 is 4.74 Å². The third-order valence-corrected chi connectivity index (χ3v) is 5.88. The van der Waals surface area contributed by atoms with Gasteiger partial charge in [-0.05, 0) is 42.5 Å². The predicted octanol–water partition coefficient (Wildman–Crippen LogP) is 5.92. The van der Waals surface area contributed by atoms with Crippen molar-refractivity contribution in [2.75, 3.05) is 13.3 Å². The molecule has 202 valence electrons. The number of alkyl halides is 4. The zero-order valence-electron chi connectivity index (χ0n) is 20.1. The van der Waals surface area contributed by atoms with Gasteiger partial charge < -0.3 is 9.72 Å². The molecule has 1 N–H and O–H groups in total. The summed E-state index contributed by atoms with van der Waals surface area (Å²) in [5.41, 5.74) is 0.419. The molecule has 0 amide bonds. The summed E-state index contributed by atoms with van der Waals surface area (Å²) in [5, 5.41) is 13.9. The lowest BCUT2D eigenvalue weighted by molar-refractivity contribution is -0.137. The van der Waals surface area contributed by atoms with Crippen LogP contribution in [0.2, 0.25) is 0 Å². The Morgan fingerprint density at radius 1 is 1.00 bits per heavy atom. The van der Waals surface area contributed by atoms with Crippen molar-refractivity contribution in [2.45, 2.75) is 25.7 Å². The number of halogens is 6. The van der Waals surface area contributed by atoms with Gasteiger partial charge >= 0.3 is 6.18 Å². The standard InChI is InChI=1S/C26H20F6N6O/c27-9-2-10-39-16-6-7-17(19(11-16)26(30,31)32)21-8-5-15(36-37-21)13-38-14-23-22(12-33-38)34-25(35-23)18-3-1-4-20(28)24(18)29/h1,3-8,11-12H,2,9-10,13-14H2,(H,34,35). The number of nitrogens with zero attached hydrogens (tertiary/aromatic N) is 5. The van der Waals surface area contributed by atoms with Gasteiger partial charge in [-0.25, -0.2) is 13.8 Å². The molecule has 3 heterocycles. The third-order valence-electron chi connectivity index (χ3n) is 5.88. The van der Waals surface area contributed by atoms with Crippen molar-refractivity contribution in [2.24, 2.45) is 5.10 Å². The molecule has 2 aromatic carbocycles. The maximum atomic E-state index is 14.2. The van der Waals surface area contributed by atoms with Crippen LogP contribution >= 0.6 is 0 Å². The Bertz CT molecular complexity index is 1500. The Kier molecular flexibility index (Phi) is 7.22. The monoisotopic (exact) mass is 546 g/mol. The maximum Gasteiger partial charge on any atom is 0.417 e. The first-order chi connectivity index (χ1) is 18.7. The highest BCUT2D eigenvalue weighted by Gasteiger charge is 2.34. The molecule has 1 aliphatic rings. The first-order valence-electron chi connectivity index (χ1n) is 11.8. The molecule has 0 aliphatic carbocycles. The summed E-state index contributed by atoms with van der Waals surface area (Å²) in [7, 11) is 0. The molecular weight excluding hydrogens is 526 g/mol. The number of hydrogen-bond acceptors (Lipinski definition) is 6. The first-order valence-corrected chi connectivity index (χ1v) is 11.8.